The molecule has 0 aliphatic carbocycles. The third-order valence-electron chi connectivity index (χ3n) is 3.21. The number of piperidine rings is 1. The number of nitrogens with two attached hydrogens (primary N) is 1. The van der Waals surface area contributed by atoms with Crippen LogP contribution in [-0.2, 0) is 13.6 Å². The molecule has 2 rings (SSSR count). The van der Waals surface area contributed by atoms with Crippen molar-refractivity contribution in [3.05, 3.63) is 18.0 Å². The van der Waals surface area contributed by atoms with E-state index in [0.717, 1.165) is 19.0 Å². The predicted molar refractivity (Wildman–Crippen MR) is 60.3 cm³/mol. The van der Waals surface area contributed by atoms with Crippen LogP contribution in [0.1, 0.15) is 18.4 Å². The molecule has 0 radical (unpaired) electrons. The van der Waals surface area contributed by atoms with Gasteiger partial charge in [-0.2, -0.15) is 5.10 Å². The lowest BCUT2D eigenvalue weighted by atomic mass is 9.97. The Balaban J connectivity index is 1.82. The Bertz CT molecular complexity index is 299. The van der Waals surface area contributed by atoms with Crippen LogP contribution in [0.3, 0.4) is 0 Å². The molecule has 1 saturated heterocycles. The smallest absolute Gasteiger partial charge is 0.0534 e. The average molecular weight is 208 g/mol. The Hall–Kier alpha value is -0.870. The summed E-state index contributed by atoms with van der Waals surface area (Å²) in [6.07, 6.45) is 6.54. The summed E-state index contributed by atoms with van der Waals surface area (Å²) in [7, 11) is 1.96. The Labute approximate surface area is 91.1 Å². The van der Waals surface area contributed by atoms with Gasteiger partial charge in [0.25, 0.3) is 0 Å². The lowest BCUT2D eigenvalue weighted by Crippen LogP contribution is -2.35. The summed E-state index contributed by atoms with van der Waals surface area (Å²) in [5.41, 5.74) is 6.98. The first kappa shape index (κ1) is 10.6. The highest BCUT2D eigenvalue weighted by molar-refractivity contribution is 5.03. The van der Waals surface area contributed by atoms with Crippen LogP contribution in [0.2, 0.25) is 0 Å². The van der Waals surface area contributed by atoms with Crippen molar-refractivity contribution >= 4 is 0 Å². The van der Waals surface area contributed by atoms with Crippen LogP contribution in [0, 0.1) is 5.92 Å². The zero-order valence-electron chi connectivity index (χ0n) is 9.39. The molecule has 1 aliphatic rings. The van der Waals surface area contributed by atoms with Crippen LogP contribution in [0.25, 0.3) is 0 Å². The molecule has 1 aromatic heterocycles. The van der Waals surface area contributed by atoms with Crippen molar-refractivity contribution in [2.75, 3.05) is 19.6 Å². The topological polar surface area (TPSA) is 47.1 Å². The van der Waals surface area contributed by atoms with Crippen molar-refractivity contribution in [1.29, 1.82) is 0 Å². The Kier molecular flexibility index (Phi) is 3.38. The summed E-state index contributed by atoms with van der Waals surface area (Å²) in [4.78, 5) is 2.49. The van der Waals surface area contributed by atoms with Crippen molar-refractivity contribution in [2.45, 2.75) is 19.4 Å². The van der Waals surface area contributed by atoms with E-state index in [1.165, 1.54) is 31.5 Å². The number of hydrogen-bond donors (Lipinski definition) is 1. The third kappa shape index (κ3) is 2.79. The molecule has 0 spiro atoms. The van der Waals surface area contributed by atoms with Crippen molar-refractivity contribution in [3.63, 3.8) is 0 Å². The molecule has 15 heavy (non-hydrogen) atoms. The first-order chi connectivity index (χ1) is 7.28. The summed E-state index contributed by atoms with van der Waals surface area (Å²) in [5.74, 6) is 0.746. The number of likely N-dealkylation sites (tertiary alicyclic amines) is 1. The van der Waals surface area contributed by atoms with E-state index in [0.29, 0.717) is 0 Å². The molecular weight excluding hydrogens is 188 g/mol. The molecule has 2 heterocycles. The summed E-state index contributed by atoms with van der Waals surface area (Å²) < 4.78 is 1.86. The van der Waals surface area contributed by atoms with Gasteiger partial charge in [0.2, 0.25) is 0 Å². The van der Waals surface area contributed by atoms with E-state index in [9.17, 15) is 0 Å². The summed E-state index contributed by atoms with van der Waals surface area (Å²) in [5, 5.41) is 4.18. The standard InChI is InChI=1S/C11H20N4/c1-14-8-11(7-13-14)9-15-4-2-10(6-12)3-5-15/h7-8,10H,2-6,9,12H2,1H3. The second-order valence-corrected chi connectivity index (χ2v) is 4.48. The Morgan fingerprint density at radius 3 is 2.73 bits per heavy atom. The zero-order valence-corrected chi connectivity index (χ0v) is 9.39. The molecule has 0 amide bonds. The molecule has 4 heteroatoms. The summed E-state index contributed by atoms with van der Waals surface area (Å²) in [6.45, 7) is 4.24. The van der Waals surface area contributed by atoms with Crippen LogP contribution >= 0.6 is 0 Å². The monoisotopic (exact) mass is 208 g/mol. The fourth-order valence-corrected chi connectivity index (χ4v) is 2.19. The molecule has 1 aromatic rings. The van der Waals surface area contributed by atoms with Crippen molar-refractivity contribution in [1.82, 2.24) is 14.7 Å². The highest BCUT2D eigenvalue weighted by Gasteiger charge is 2.17. The van der Waals surface area contributed by atoms with Crippen LogP contribution in [0.15, 0.2) is 12.4 Å². The number of aromatic nitrogens is 2. The fourth-order valence-electron chi connectivity index (χ4n) is 2.19. The van der Waals surface area contributed by atoms with Crippen molar-refractivity contribution in [3.8, 4) is 0 Å². The largest absolute Gasteiger partial charge is 0.330 e. The molecule has 2 N–H and O–H groups in total. The molecule has 0 saturated carbocycles. The quantitative estimate of drug-likeness (QED) is 0.791. The van der Waals surface area contributed by atoms with E-state index in [4.69, 9.17) is 5.73 Å². The van der Waals surface area contributed by atoms with E-state index in [1.807, 2.05) is 17.9 Å². The maximum Gasteiger partial charge on any atom is 0.0534 e. The molecule has 84 valence electrons. The minimum absolute atomic E-state index is 0.746. The second kappa shape index (κ2) is 4.77. The molecular formula is C11H20N4. The number of hydrogen-bond acceptors (Lipinski definition) is 3. The zero-order chi connectivity index (χ0) is 10.7. The number of aryl methyl sites for hydroxylation is 1. The van der Waals surface area contributed by atoms with Gasteiger partial charge in [-0.25, -0.2) is 0 Å². The molecule has 4 nitrogen and oxygen atoms in total. The fraction of sp³-hybridized carbons (Fsp3) is 0.727. The van der Waals surface area contributed by atoms with E-state index >= 15 is 0 Å². The molecule has 1 fully saturated rings. The predicted octanol–water partition coefficient (Wildman–Crippen LogP) is 0.591. The average Bonchev–Trinajstić information content (AvgIpc) is 2.65. The molecule has 0 atom stereocenters. The van der Waals surface area contributed by atoms with Gasteiger partial charge in [0.05, 0.1) is 6.20 Å². The Morgan fingerprint density at radius 2 is 2.20 bits per heavy atom. The maximum absolute atomic E-state index is 5.67. The summed E-state index contributed by atoms with van der Waals surface area (Å²) in [6, 6.07) is 0. The van der Waals surface area contributed by atoms with E-state index < -0.39 is 0 Å². The first-order valence-electron chi connectivity index (χ1n) is 5.68. The highest BCUT2D eigenvalue weighted by Crippen LogP contribution is 2.17. The molecule has 0 aromatic carbocycles. The van der Waals surface area contributed by atoms with Crippen LogP contribution in [0.4, 0.5) is 0 Å². The Morgan fingerprint density at radius 1 is 1.47 bits per heavy atom. The lowest BCUT2D eigenvalue weighted by Gasteiger charge is -2.30. The lowest BCUT2D eigenvalue weighted by molar-refractivity contribution is 0.180. The minimum Gasteiger partial charge on any atom is -0.330 e. The van der Waals surface area contributed by atoms with Gasteiger partial charge in [-0.05, 0) is 38.4 Å². The second-order valence-electron chi connectivity index (χ2n) is 4.48. The first-order valence-corrected chi connectivity index (χ1v) is 5.68. The van der Waals surface area contributed by atoms with Gasteiger partial charge in [-0.15, -0.1) is 0 Å². The third-order valence-corrected chi connectivity index (χ3v) is 3.21. The van der Waals surface area contributed by atoms with Crippen molar-refractivity contribution < 1.29 is 0 Å². The maximum atomic E-state index is 5.67. The van der Waals surface area contributed by atoms with Gasteiger partial charge in [0.15, 0.2) is 0 Å². The highest BCUT2D eigenvalue weighted by atomic mass is 15.2. The number of nitrogens with zero attached hydrogens (tertiary/aromatic N) is 3. The van der Waals surface area contributed by atoms with Gasteiger partial charge < -0.3 is 5.73 Å². The van der Waals surface area contributed by atoms with Gasteiger partial charge in [0.1, 0.15) is 0 Å². The van der Waals surface area contributed by atoms with Gasteiger partial charge in [-0.1, -0.05) is 0 Å². The molecule has 1 aliphatic heterocycles. The SMILES string of the molecule is Cn1cc(CN2CCC(CN)CC2)cn1. The van der Waals surface area contributed by atoms with E-state index in [1.54, 1.807) is 0 Å². The van der Waals surface area contributed by atoms with Gasteiger partial charge in [-0.3, -0.25) is 9.58 Å². The minimum atomic E-state index is 0.746. The normalized spacial score (nSPS) is 19.6. The molecule has 0 bridgehead atoms. The van der Waals surface area contributed by atoms with Crippen LogP contribution in [-0.4, -0.2) is 34.3 Å². The van der Waals surface area contributed by atoms with E-state index in [-0.39, 0.29) is 0 Å². The van der Waals surface area contributed by atoms with Gasteiger partial charge >= 0.3 is 0 Å². The molecule has 0 unspecified atom stereocenters. The van der Waals surface area contributed by atoms with E-state index in [2.05, 4.69) is 16.2 Å². The summed E-state index contributed by atoms with van der Waals surface area (Å²) >= 11 is 0. The van der Waals surface area contributed by atoms with Gasteiger partial charge in [0, 0.05) is 25.4 Å². The number of rotatable bonds is 3. The van der Waals surface area contributed by atoms with Crippen LogP contribution in [0.5, 0.6) is 0 Å². The van der Waals surface area contributed by atoms with Crippen LogP contribution < -0.4 is 5.73 Å². The van der Waals surface area contributed by atoms with Crippen molar-refractivity contribution in [2.24, 2.45) is 18.7 Å².